The van der Waals surface area contributed by atoms with Gasteiger partial charge in [0.15, 0.2) is 0 Å². The molecular weight excluding hydrogens is 444 g/mol. The monoisotopic (exact) mass is 468 g/mol. The zero-order valence-corrected chi connectivity index (χ0v) is 19.0. The molecule has 11 nitrogen and oxygen atoms in total. The Morgan fingerprint density at radius 1 is 0.912 bits per heavy atom. The van der Waals surface area contributed by atoms with Crippen molar-refractivity contribution < 1.29 is 33.4 Å². The summed E-state index contributed by atoms with van der Waals surface area (Å²) in [5.41, 5.74) is 0.503. The van der Waals surface area contributed by atoms with E-state index in [-0.39, 0.29) is 17.1 Å². The first-order valence-electron chi connectivity index (χ1n) is 10.3. The molecule has 2 aromatic rings. The van der Waals surface area contributed by atoms with Crippen molar-refractivity contribution in [2.45, 2.75) is 26.1 Å². The first-order chi connectivity index (χ1) is 16.1. The third-order valence-electron chi connectivity index (χ3n) is 4.97. The van der Waals surface area contributed by atoms with Gasteiger partial charge in [-0.3, -0.25) is 34.3 Å². The van der Waals surface area contributed by atoms with Gasteiger partial charge in [0.1, 0.15) is 23.7 Å². The summed E-state index contributed by atoms with van der Waals surface area (Å²) < 4.78 is 10.1. The summed E-state index contributed by atoms with van der Waals surface area (Å²) in [6.07, 6.45) is -0.896. The van der Waals surface area contributed by atoms with E-state index in [1.165, 1.54) is 44.0 Å². The molecule has 1 fully saturated rings. The van der Waals surface area contributed by atoms with Crippen LogP contribution in [-0.2, 0) is 14.4 Å². The number of esters is 2. The molecule has 1 saturated heterocycles. The Morgan fingerprint density at radius 3 is 1.97 bits per heavy atom. The summed E-state index contributed by atoms with van der Waals surface area (Å²) in [4.78, 5) is 64.0. The number of para-hydroxylation sites is 1. The van der Waals surface area contributed by atoms with Crippen molar-refractivity contribution in [2.75, 3.05) is 19.0 Å². The fourth-order valence-electron chi connectivity index (χ4n) is 3.54. The van der Waals surface area contributed by atoms with E-state index in [2.05, 4.69) is 10.6 Å². The van der Waals surface area contributed by atoms with E-state index in [1.807, 2.05) is 0 Å². The van der Waals surface area contributed by atoms with Crippen LogP contribution in [0, 0.1) is 0 Å². The molecule has 2 N–H and O–H groups in total. The van der Waals surface area contributed by atoms with Crippen molar-refractivity contribution in [3.8, 4) is 11.5 Å². The van der Waals surface area contributed by atoms with Crippen LogP contribution in [0.15, 0.2) is 48.5 Å². The average Bonchev–Trinajstić information content (AvgIpc) is 2.78. The van der Waals surface area contributed by atoms with Crippen LogP contribution in [0.25, 0.3) is 0 Å². The lowest BCUT2D eigenvalue weighted by molar-refractivity contribution is -0.132. The van der Waals surface area contributed by atoms with Gasteiger partial charge in [-0.1, -0.05) is 18.2 Å². The van der Waals surface area contributed by atoms with Crippen LogP contribution in [0.3, 0.4) is 0 Å². The molecule has 0 spiro atoms. The predicted molar refractivity (Wildman–Crippen MR) is 120 cm³/mol. The summed E-state index contributed by atoms with van der Waals surface area (Å²) in [5.74, 6) is -2.65. The van der Waals surface area contributed by atoms with Gasteiger partial charge in [-0.05, 0) is 31.3 Å². The Kier molecular flexibility index (Phi) is 7.27. The van der Waals surface area contributed by atoms with E-state index in [1.54, 1.807) is 37.4 Å². The topological polar surface area (TPSA) is 134 Å². The van der Waals surface area contributed by atoms with E-state index in [0.29, 0.717) is 5.69 Å². The van der Waals surface area contributed by atoms with Crippen molar-refractivity contribution in [3.05, 3.63) is 54.1 Å². The van der Waals surface area contributed by atoms with Gasteiger partial charge in [-0.25, -0.2) is 4.79 Å². The molecule has 0 bridgehead atoms. The number of imide groups is 1. The van der Waals surface area contributed by atoms with E-state index in [4.69, 9.17) is 9.47 Å². The zero-order valence-electron chi connectivity index (χ0n) is 19.0. The van der Waals surface area contributed by atoms with Crippen molar-refractivity contribution in [1.29, 1.82) is 0 Å². The molecule has 0 saturated carbocycles. The van der Waals surface area contributed by atoms with Gasteiger partial charge in [-0.15, -0.1) is 0 Å². The van der Waals surface area contributed by atoms with Gasteiger partial charge >= 0.3 is 18.0 Å². The van der Waals surface area contributed by atoms with E-state index < -0.39 is 42.0 Å². The summed E-state index contributed by atoms with van der Waals surface area (Å²) in [6, 6.07) is 10.8. The highest BCUT2D eigenvalue weighted by atomic mass is 16.5. The van der Waals surface area contributed by atoms with Gasteiger partial charge in [0, 0.05) is 38.2 Å². The Balaban J connectivity index is 1.95. The third kappa shape index (κ3) is 5.21. The van der Waals surface area contributed by atoms with Crippen molar-refractivity contribution in [2.24, 2.45) is 0 Å². The predicted octanol–water partition coefficient (Wildman–Crippen LogP) is 1.28. The summed E-state index contributed by atoms with van der Waals surface area (Å²) >= 11 is 0. The standard InChI is InChI=1S/C23H24N4O7/c1-13(28)33-17-10-15(11-18(12-17)34-14(2)29)21(30)25-19-20(24-3)27(16-8-6-5-7-9-16)23(32)26(4)22(19)31/h5-12,19-20,24H,1-4H3,(H,25,30). The summed E-state index contributed by atoms with van der Waals surface area (Å²) in [7, 11) is 2.89. The number of nitrogens with zero attached hydrogens (tertiary/aromatic N) is 2. The lowest BCUT2D eigenvalue weighted by Gasteiger charge is -2.43. The number of hydrogen-bond acceptors (Lipinski definition) is 8. The molecule has 178 valence electrons. The SMILES string of the molecule is CNC1C(NC(=O)c2cc(OC(C)=O)cc(OC(C)=O)c2)C(=O)N(C)C(=O)N1c1ccccc1. The fourth-order valence-corrected chi connectivity index (χ4v) is 3.54. The Labute approximate surface area is 195 Å². The summed E-state index contributed by atoms with van der Waals surface area (Å²) in [6.45, 7) is 2.36. The zero-order chi connectivity index (χ0) is 25.0. The lowest BCUT2D eigenvalue weighted by Crippen LogP contribution is -2.71. The number of carbonyl (C=O) groups is 5. The van der Waals surface area contributed by atoms with Gasteiger partial charge < -0.3 is 14.8 Å². The molecule has 2 aromatic carbocycles. The number of amides is 4. The van der Waals surface area contributed by atoms with E-state index >= 15 is 0 Å². The van der Waals surface area contributed by atoms with Crippen LogP contribution >= 0.6 is 0 Å². The van der Waals surface area contributed by atoms with Gasteiger partial charge in [0.25, 0.3) is 11.8 Å². The van der Waals surface area contributed by atoms with Crippen LogP contribution in [-0.4, -0.2) is 61.0 Å². The quantitative estimate of drug-likeness (QED) is 0.478. The minimum Gasteiger partial charge on any atom is -0.427 e. The molecular formula is C23H24N4O7. The number of nitrogens with one attached hydrogen (secondary N) is 2. The second-order valence-corrected chi connectivity index (χ2v) is 7.45. The number of urea groups is 1. The number of carbonyl (C=O) groups excluding carboxylic acids is 5. The number of rotatable bonds is 6. The molecule has 1 heterocycles. The molecule has 34 heavy (non-hydrogen) atoms. The highest BCUT2D eigenvalue weighted by Crippen LogP contribution is 2.26. The molecule has 2 unspecified atom stereocenters. The first kappa shape index (κ1) is 24.4. The number of anilines is 1. The minimum absolute atomic E-state index is 0.0188. The molecule has 4 amide bonds. The highest BCUT2D eigenvalue weighted by Gasteiger charge is 2.45. The second-order valence-electron chi connectivity index (χ2n) is 7.45. The van der Waals surface area contributed by atoms with Crippen LogP contribution in [0.5, 0.6) is 11.5 Å². The normalized spacial score (nSPS) is 17.9. The maximum Gasteiger partial charge on any atom is 0.332 e. The maximum atomic E-state index is 13.1. The van der Waals surface area contributed by atoms with Crippen LogP contribution in [0.2, 0.25) is 0 Å². The Bertz CT molecular complexity index is 1100. The van der Waals surface area contributed by atoms with Gasteiger partial charge in [0.2, 0.25) is 0 Å². The number of likely N-dealkylation sites (N-methyl/N-ethyl adjacent to an activating group) is 2. The van der Waals surface area contributed by atoms with Crippen molar-refractivity contribution in [3.63, 3.8) is 0 Å². The first-order valence-corrected chi connectivity index (χ1v) is 10.3. The second kappa shape index (κ2) is 10.1. The van der Waals surface area contributed by atoms with Gasteiger partial charge in [0.05, 0.1) is 0 Å². The molecule has 1 aliphatic rings. The van der Waals surface area contributed by atoms with Crippen LogP contribution in [0.1, 0.15) is 24.2 Å². The van der Waals surface area contributed by atoms with Crippen molar-refractivity contribution >= 4 is 35.5 Å². The largest absolute Gasteiger partial charge is 0.427 e. The fraction of sp³-hybridized carbons (Fsp3) is 0.261. The van der Waals surface area contributed by atoms with Crippen LogP contribution in [0.4, 0.5) is 10.5 Å². The molecule has 1 aliphatic heterocycles. The van der Waals surface area contributed by atoms with Crippen LogP contribution < -0.4 is 25.0 Å². The van der Waals surface area contributed by atoms with E-state index in [0.717, 1.165) is 4.90 Å². The molecule has 0 aliphatic carbocycles. The van der Waals surface area contributed by atoms with Gasteiger partial charge in [-0.2, -0.15) is 0 Å². The maximum absolute atomic E-state index is 13.1. The minimum atomic E-state index is -1.16. The van der Waals surface area contributed by atoms with Crippen molar-refractivity contribution in [1.82, 2.24) is 15.5 Å². The lowest BCUT2D eigenvalue weighted by atomic mass is 10.1. The molecule has 0 radical (unpaired) electrons. The average molecular weight is 468 g/mol. The smallest absolute Gasteiger partial charge is 0.332 e. The summed E-state index contributed by atoms with van der Waals surface area (Å²) in [5, 5.41) is 5.55. The molecule has 0 aromatic heterocycles. The molecule has 3 rings (SSSR count). The third-order valence-corrected chi connectivity index (χ3v) is 4.97. The Hall–Kier alpha value is -4.25. The number of ether oxygens (including phenoxy) is 2. The Morgan fingerprint density at radius 2 is 1.47 bits per heavy atom. The molecule has 11 heteroatoms. The molecule has 2 atom stereocenters. The number of hydrogen-bond donors (Lipinski definition) is 2. The van der Waals surface area contributed by atoms with E-state index in [9.17, 15) is 24.0 Å². The number of benzene rings is 2. The highest BCUT2D eigenvalue weighted by molar-refractivity contribution is 6.10.